The summed E-state index contributed by atoms with van der Waals surface area (Å²) in [4.78, 5) is 12.1. The van der Waals surface area contributed by atoms with Crippen LogP contribution in [0.1, 0.15) is 43.6 Å². The van der Waals surface area contributed by atoms with Crippen molar-refractivity contribution < 1.29 is 14.3 Å². The van der Waals surface area contributed by atoms with Gasteiger partial charge >= 0.3 is 0 Å². The molecule has 4 nitrogen and oxygen atoms in total. The maximum Gasteiger partial charge on any atom is 0.254 e. The van der Waals surface area contributed by atoms with E-state index in [1.54, 1.807) is 34.6 Å². The first kappa shape index (κ1) is 15.4. The van der Waals surface area contributed by atoms with Gasteiger partial charge in [-0.3, -0.25) is 4.79 Å². The number of hydrogen-bond donors (Lipinski definition) is 3. The van der Waals surface area contributed by atoms with Crippen molar-refractivity contribution in [3.05, 3.63) is 29.1 Å². The number of carbonyl (C=O) groups is 1. The molecule has 0 fully saturated rings. The van der Waals surface area contributed by atoms with Crippen LogP contribution in [0.3, 0.4) is 0 Å². The number of nitrogens with two attached hydrogens (primary N) is 1. The topological polar surface area (TPSA) is 75.4 Å². The number of carbonyl (C=O) groups excluding carboxylic acids is 1. The molecule has 0 heterocycles. The highest BCUT2D eigenvalue weighted by Crippen LogP contribution is 2.23. The maximum atomic E-state index is 13.9. The van der Waals surface area contributed by atoms with E-state index in [9.17, 15) is 14.3 Å². The number of aryl methyl sites for hydroxylation is 1. The molecule has 0 unspecified atom stereocenters. The first-order valence-corrected chi connectivity index (χ1v) is 6.06. The molecule has 0 aliphatic rings. The minimum Gasteiger partial charge on any atom is -0.399 e. The van der Waals surface area contributed by atoms with Gasteiger partial charge in [-0.2, -0.15) is 0 Å². The van der Waals surface area contributed by atoms with Crippen molar-refractivity contribution in [1.82, 2.24) is 5.32 Å². The van der Waals surface area contributed by atoms with Crippen molar-refractivity contribution in [2.75, 3.05) is 5.73 Å². The normalized spacial score (nSPS) is 12.4. The van der Waals surface area contributed by atoms with Crippen LogP contribution in [-0.4, -0.2) is 22.2 Å². The SMILES string of the molecule is Cc1cc(N)cc(C(=O)NC(C)(C)C(C)(C)O)c1F. The van der Waals surface area contributed by atoms with E-state index >= 15 is 0 Å². The Balaban J connectivity index is 3.10. The van der Waals surface area contributed by atoms with E-state index in [0.29, 0.717) is 11.3 Å². The Hall–Kier alpha value is -1.62. The van der Waals surface area contributed by atoms with E-state index in [4.69, 9.17) is 5.73 Å². The number of rotatable bonds is 3. The summed E-state index contributed by atoms with van der Waals surface area (Å²) < 4.78 is 13.9. The van der Waals surface area contributed by atoms with Gasteiger partial charge < -0.3 is 16.2 Å². The summed E-state index contributed by atoms with van der Waals surface area (Å²) in [7, 11) is 0. The van der Waals surface area contributed by atoms with Crippen LogP contribution >= 0.6 is 0 Å². The molecule has 0 aromatic heterocycles. The second kappa shape index (κ2) is 4.81. The van der Waals surface area contributed by atoms with Crippen molar-refractivity contribution in [3.63, 3.8) is 0 Å². The van der Waals surface area contributed by atoms with E-state index in [-0.39, 0.29) is 5.56 Å². The second-order valence-electron chi connectivity index (χ2n) is 5.84. The monoisotopic (exact) mass is 268 g/mol. The van der Waals surface area contributed by atoms with Crippen LogP contribution in [0.25, 0.3) is 0 Å². The molecule has 0 spiro atoms. The quantitative estimate of drug-likeness (QED) is 0.734. The number of nitrogens with one attached hydrogen (secondary N) is 1. The highest BCUT2D eigenvalue weighted by Gasteiger charge is 2.37. The molecule has 5 heteroatoms. The van der Waals surface area contributed by atoms with Gasteiger partial charge in [0.05, 0.1) is 16.7 Å². The third-order valence-electron chi connectivity index (χ3n) is 3.48. The predicted octanol–water partition coefficient (Wildman–Crippen LogP) is 2.00. The van der Waals surface area contributed by atoms with Gasteiger partial charge in [0.1, 0.15) is 5.82 Å². The highest BCUT2D eigenvalue weighted by molar-refractivity contribution is 5.96. The molecular weight excluding hydrogens is 247 g/mol. The Kier molecular flexibility index (Phi) is 3.91. The molecule has 0 aliphatic carbocycles. The average molecular weight is 268 g/mol. The number of nitrogen functional groups attached to an aromatic ring is 1. The van der Waals surface area contributed by atoms with E-state index in [1.165, 1.54) is 12.1 Å². The molecule has 0 atom stereocenters. The molecule has 1 aromatic rings. The Bertz CT molecular complexity index is 505. The van der Waals surface area contributed by atoms with Gasteiger partial charge in [-0.15, -0.1) is 0 Å². The third-order valence-corrected chi connectivity index (χ3v) is 3.48. The lowest BCUT2D eigenvalue weighted by molar-refractivity contribution is -0.00300. The molecule has 0 bridgehead atoms. The number of anilines is 1. The summed E-state index contributed by atoms with van der Waals surface area (Å²) >= 11 is 0. The molecule has 4 N–H and O–H groups in total. The molecule has 0 radical (unpaired) electrons. The Morgan fingerprint density at radius 1 is 1.32 bits per heavy atom. The lowest BCUT2D eigenvalue weighted by atomic mass is 9.85. The maximum absolute atomic E-state index is 13.9. The van der Waals surface area contributed by atoms with Gasteiger partial charge in [0.25, 0.3) is 5.91 Å². The molecule has 19 heavy (non-hydrogen) atoms. The lowest BCUT2D eigenvalue weighted by Crippen LogP contribution is -2.57. The van der Waals surface area contributed by atoms with Gasteiger partial charge in [0.15, 0.2) is 0 Å². The van der Waals surface area contributed by atoms with E-state index < -0.39 is 22.9 Å². The fraction of sp³-hybridized carbons (Fsp3) is 0.500. The van der Waals surface area contributed by atoms with E-state index in [0.717, 1.165) is 0 Å². The first-order valence-electron chi connectivity index (χ1n) is 6.06. The average Bonchev–Trinajstić information content (AvgIpc) is 2.20. The molecule has 0 saturated carbocycles. The largest absolute Gasteiger partial charge is 0.399 e. The predicted molar refractivity (Wildman–Crippen MR) is 73.4 cm³/mol. The van der Waals surface area contributed by atoms with Gasteiger partial charge in [-0.1, -0.05) is 0 Å². The van der Waals surface area contributed by atoms with Crippen molar-refractivity contribution in [3.8, 4) is 0 Å². The Labute approximate surface area is 112 Å². The zero-order valence-electron chi connectivity index (χ0n) is 12.0. The minimum atomic E-state index is -1.14. The standard InChI is InChI=1S/C14H21FN2O2/c1-8-6-9(16)7-10(11(8)15)12(18)17-13(2,3)14(4,5)19/h6-7,19H,16H2,1-5H3,(H,17,18). The van der Waals surface area contributed by atoms with Crippen LogP contribution < -0.4 is 11.1 Å². The summed E-state index contributed by atoms with van der Waals surface area (Å²) in [5.74, 6) is -1.20. The van der Waals surface area contributed by atoms with Crippen molar-refractivity contribution in [2.24, 2.45) is 0 Å². The summed E-state index contributed by atoms with van der Waals surface area (Å²) in [6, 6.07) is 2.76. The van der Waals surface area contributed by atoms with Crippen LogP contribution in [0, 0.1) is 12.7 Å². The van der Waals surface area contributed by atoms with Crippen LogP contribution in [-0.2, 0) is 0 Å². The minimum absolute atomic E-state index is 0.116. The molecular formula is C14H21FN2O2. The zero-order chi connectivity index (χ0) is 15.0. The van der Waals surface area contributed by atoms with Crippen LogP contribution in [0.15, 0.2) is 12.1 Å². The Morgan fingerprint density at radius 2 is 1.84 bits per heavy atom. The van der Waals surface area contributed by atoms with Crippen molar-refractivity contribution in [2.45, 2.75) is 45.8 Å². The van der Waals surface area contributed by atoms with Gasteiger partial charge in [0, 0.05) is 5.69 Å². The molecule has 1 amide bonds. The fourth-order valence-corrected chi connectivity index (χ4v) is 1.47. The number of hydrogen-bond acceptors (Lipinski definition) is 3. The number of benzene rings is 1. The summed E-state index contributed by atoms with van der Waals surface area (Å²) in [6.45, 7) is 8.04. The fourth-order valence-electron chi connectivity index (χ4n) is 1.47. The second-order valence-corrected chi connectivity index (χ2v) is 5.84. The first-order chi connectivity index (χ1) is 8.45. The Morgan fingerprint density at radius 3 is 2.32 bits per heavy atom. The zero-order valence-corrected chi connectivity index (χ0v) is 12.0. The summed E-state index contributed by atoms with van der Waals surface area (Å²) in [6.07, 6.45) is 0. The molecule has 106 valence electrons. The molecule has 1 aromatic carbocycles. The summed E-state index contributed by atoms with van der Waals surface area (Å²) in [5, 5.41) is 12.6. The van der Waals surface area contributed by atoms with Crippen molar-refractivity contribution >= 4 is 11.6 Å². The van der Waals surface area contributed by atoms with E-state index in [1.807, 2.05) is 0 Å². The van der Waals surface area contributed by atoms with Gasteiger partial charge in [0.2, 0.25) is 0 Å². The van der Waals surface area contributed by atoms with E-state index in [2.05, 4.69) is 5.32 Å². The van der Waals surface area contributed by atoms with Gasteiger partial charge in [-0.05, 0) is 52.3 Å². The van der Waals surface area contributed by atoms with Gasteiger partial charge in [-0.25, -0.2) is 4.39 Å². The number of amides is 1. The van der Waals surface area contributed by atoms with Crippen molar-refractivity contribution in [1.29, 1.82) is 0 Å². The lowest BCUT2D eigenvalue weighted by Gasteiger charge is -2.38. The molecule has 0 saturated heterocycles. The molecule has 1 rings (SSSR count). The van der Waals surface area contributed by atoms with Crippen LogP contribution in [0.5, 0.6) is 0 Å². The number of halogens is 1. The highest BCUT2D eigenvalue weighted by atomic mass is 19.1. The van der Waals surface area contributed by atoms with Crippen LogP contribution in [0.4, 0.5) is 10.1 Å². The summed E-state index contributed by atoms with van der Waals surface area (Å²) in [5.41, 5.74) is 4.09. The smallest absolute Gasteiger partial charge is 0.254 e. The third kappa shape index (κ3) is 3.23. The number of aliphatic hydroxyl groups is 1. The van der Waals surface area contributed by atoms with Crippen LogP contribution in [0.2, 0.25) is 0 Å². The molecule has 0 aliphatic heterocycles.